The number of urea groups is 3. The summed E-state index contributed by atoms with van der Waals surface area (Å²) in [5.74, 6) is -1.91. The van der Waals surface area contributed by atoms with Crippen molar-refractivity contribution in [1.82, 2.24) is 44.3 Å². The molecule has 1 aromatic rings. The number of hydrogen-bond acceptors (Lipinski definition) is 17. The van der Waals surface area contributed by atoms with E-state index in [1.807, 2.05) is 125 Å². The van der Waals surface area contributed by atoms with Crippen molar-refractivity contribution in [3.63, 3.8) is 0 Å². The zero-order valence-electron chi connectivity index (χ0n) is 64.8. The first-order chi connectivity index (χ1) is 43.8. The molecule has 26 nitrogen and oxygen atoms in total. The number of ether oxygens (including phenoxy) is 6. The molecule has 594 valence electrons. The third-order valence-electron chi connectivity index (χ3n) is 13.4. The van der Waals surface area contributed by atoms with Crippen LogP contribution in [-0.4, -0.2) is 225 Å². The number of hydrogen-bond donors (Lipinski definition) is 4. The smallest absolute Gasteiger partial charge is 0.328 e. The van der Waals surface area contributed by atoms with Gasteiger partial charge in [0.05, 0.1) is 44.3 Å². The van der Waals surface area contributed by atoms with Crippen LogP contribution in [0.1, 0.15) is 202 Å². The van der Waals surface area contributed by atoms with E-state index in [-0.39, 0.29) is 245 Å². The van der Waals surface area contributed by atoms with Gasteiger partial charge in [0.25, 0.3) is 0 Å². The Morgan fingerprint density at radius 1 is 0.535 bits per heavy atom. The molecular formula is C69H130IN10O16W5-5. The molecule has 0 spiro atoms. The second kappa shape index (κ2) is 62.1. The van der Waals surface area contributed by atoms with Gasteiger partial charge in [0.2, 0.25) is 0 Å². The Hall–Kier alpha value is -1.82. The van der Waals surface area contributed by atoms with Gasteiger partial charge >= 0.3 is 53.6 Å². The molecule has 3 heterocycles. The van der Waals surface area contributed by atoms with Gasteiger partial charge in [-0.05, 0) is 164 Å². The van der Waals surface area contributed by atoms with Crippen molar-refractivity contribution in [3.8, 4) is 0 Å². The molecular weight excluding hydrogens is 2270 g/mol. The van der Waals surface area contributed by atoms with Crippen molar-refractivity contribution in [3.05, 3.63) is 57.5 Å². The molecule has 101 heavy (non-hydrogen) atoms. The van der Waals surface area contributed by atoms with E-state index in [9.17, 15) is 43.2 Å². The first-order valence-electron chi connectivity index (χ1n) is 33.3. The van der Waals surface area contributed by atoms with Gasteiger partial charge in [-0.2, -0.15) is 32.1 Å². The zero-order valence-corrected chi connectivity index (χ0v) is 81.8. The number of aryl methyl sites for hydroxylation is 1. The van der Waals surface area contributed by atoms with E-state index in [4.69, 9.17) is 39.3 Å². The predicted octanol–water partition coefficient (Wildman–Crippen LogP) is 9.93. The summed E-state index contributed by atoms with van der Waals surface area (Å²) in [6, 6.07) is -1.03. The Kier molecular flexibility index (Phi) is 72.3. The van der Waals surface area contributed by atoms with Crippen LogP contribution in [0, 0.1) is 34.6 Å². The summed E-state index contributed by atoms with van der Waals surface area (Å²) in [5.41, 5.74) is 2.94. The number of carboxylic acids is 1. The van der Waals surface area contributed by atoms with Gasteiger partial charge in [-0.3, -0.25) is 28.5 Å². The van der Waals surface area contributed by atoms with Crippen molar-refractivity contribution >= 4 is 71.9 Å². The number of carboxylic acid groups (broad SMARTS) is 1. The molecule has 1 aromatic heterocycles. The largest absolute Gasteiger partial charge is 0.481 e. The van der Waals surface area contributed by atoms with Crippen LogP contribution in [0.5, 0.6) is 0 Å². The van der Waals surface area contributed by atoms with Gasteiger partial charge in [-0.1, -0.05) is 0 Å². The Balaban J connectivity index is -0.000000146. The van der Waals surface area contributed by atoms with Crippen LogP contribution in [-0.2, 0) is 164 Å². The summed E-state index contributed by atoms with van der Waals surface area (Å²) >= 11 is 0. The summed E-state index contributed by atoms with van der Waals surface area (Å²) < 4.78 is 34.6. The summed E-state index contributed by atoms with van der Waals surface area (Å²) in [7, 11) is 3.26. The summed E-state index contributed by atoms with van der Waals surface area (Å²) in [6.07, 6.45) is 7.92. The van der Waals surface area contributed by atoms with Gasteiger partial charge in [0.1, 0.15) is 22.4 Å². The van der Waals surface area contributed by atoms with Crippen LogP contribution >= 0.6 is 24.0 Å². The number of esters is 4. The minimum absolute atomic E-state index is 0. The average Bonchev–Trinajstić information content (AvgIpc) is 1.75. The molecule has 0 saturated carbocycles. The monoisotopic (exact) mass is 2400 g/mol. The molecule has 7 atom stereocenters. The number of carbonyl (C=O) groups is 8. The minimum Gasteiger partial charge on any atom is -0.481 e. The zero-order chi connectivity index (χ0) is 74.2. The number of nitrogens with two attached hydrogens (primary N) is 1. The van der Waals surface area contributed by atoms with Crippen LogP contribution in [0.15, 0.2) is 17.2 Å². The molecule has 2 aliphatic rings. The van der Waals surface area contributed by atoms with Gasteiger partial charge in [-0.25, -0.2) is 19.2 Å². The van der Waals surface area contributed by atoms with E-state index >= 15 is 0 Å². The van der Waals surface area contributed by atoms with Crippen LogP contribution in [0.25, 0.3) is 0 Å². The van der Waals surface area contributed by atoms with Crippen molar-refractivity contribution in [1.29, 1.82) is 0 Å². The fourth-order valence-corrected chi connectivity index (χ4v) is 8.74. The van der Waals surface area contributed by atoms with E-state index in [0.29, 0.717) is 97.6 Å². The van der Waals surface area contributed by atoms with E-state index in [1.54, 1.807) is 67.2 Å². The molecule has 7 unspecified atom stereocenters. The molecule has 0 bridgehead atoms. The number of nitrogens with zero attached hydrogens (tertiary/aromatic N) is 7. The number of imidazole rings is 1. The molecule has 3 rings (SSSR count). The standard InChI is InChI=1S/C16H31N2O4.C14H25N2O3.C14H23N2O3.C12H25NO3.C10H17N2O3.C3H8N.HI.5W/c1-8-9-17-15(20)18(11-13(3)21-7)12(2)10-14(19)22-16(4,5)6;2*1-6-7-15-8-9-16(13(15)18)11(2)10-12(17)19-14(3,4)5;1-9(13-8-10(2)15-6)7-11(14)16-12(3,4)5;1-3-4-11-5-6-12(10(11)15)8(2)7-9(13)14;1-2-3-4;;;;;;/h12-13H,1,8-11H2,2-7H3,(H,17,20);11H,1,6-10H2,2-5H3;8-9,11H,1,6-7,10H2,2-5H3;9-10,13H,7-8H2,1-6H3;8H,1,3-7H2,2H3,(H,13,14);1-4H2;1H;;;;;/q3*-1;;2*-1;;;;;;. The maximum Gasteiger partial charge on any atom is 0.328 e. The van der Waals surface area contributed by atoms with Crippen LogP contribution in [0.2, 0.25) is 0 Å². The fourth-order valence-electron chi connectivity index (χ4n) is 8.74. The number of carbonyl (C=O) groups excluding carboxylic acids is 7. The Morgan fingerprint density at radius 2 is 0.901 bits per heavy atom. The predicted molar refractivity (Wildman–Crippen MR) is 388 cm³/mol. The van der Waals surface area contributed by atoms with Crippen LogP contribution in [0.3, 0.4) is 0 Å². The molecule has 0 aromatic carbocycles. The van der Waals surface area contributed by atoms with E-state index in [0.717, 1.165) is 13.0 Å². The third-order valence-corrected chi connectivity index (χ3v) is 13.4. The molecule has 0 radical (unpaired) electrons. The normalized spacial score (nSPS) is 14.4. The van der Waals surface area contributed by atoms with Gasteiger partial charge in [0, 0.05) is 201 Å². The first kappa shape index (κ1) is 118. The van der Waals surface area contributed by atoms with Crippen LogP contribution < -0.4 is 22.1 Å². The molecule has 32 heteroatoms. The molecule has 2 aliphatic heterocycles. The van der Waals surface area contributed by atoms with Crippen molar-refractivity contribution in [2.24, 2.45) is 5.73 Å². The van der Waals surface area contributed by atoms with Crippen molar-refractivity contribution in [2.75, 3.05) is 79.7 Å². The number of halogens is 1. The third kappa shape index (κ3) is 58.9. The van der Waals surface area contributed by atoms with E-state index in [1.165, 1.54) is 0 Å². The van der Waals surface area contributed by atoms with E-state index < -0.39 is 28.4 Å². The summed E-state index contributed by atoms with van der Waals surface area (Å²) in [4.78, 5) is 114. The maximum atomic E-state index is 12.2. The summed E-state index contributed by atoms with van der Waals surface area (Å²) in [5, 5.41) is 14.6. The van der Waals surface area contributed by atoms with Gasteiger partial charge in [0.15, 0.2) is 0 Å². The van der Waals surface area contributed by atoms with Gasteiger partial charge in [-0.15, -0.1) is 24.0 Å². The SMILES string of the molecule is COC(C)CNC(C)CC(=O)OC(C)(C)C.I.[CH2-]CCN.[CH2-]CCN1CCN(C(C)CC(=O)O)C1=O.[CH2-]CCN1CCN(C(C)CC(=O)OC(C)(C)C)C1=O.[CH2-]CCNC(=O)N(CC(C)OC)C(C)CC(=O)OC(C)(C)C.[CH2-]CCn1ccn(C(C)CC(=O)OC(C)(C)C)c1=O.[W].[W].[W].[W].[W]. The number of amides is 6. The Labute approximate surface area is 697 Å². The molecule has 0 aliphatic carbocycles. The maximum absolute atomic E-state index is 12.2. The molecule has 5 N–H and O–H groups in total. The quantitative estimate of drug-likeness (QED) is 0.0241. The number of rotatable bonds is 30. The Morgan fingerprint density at radius 3 is 1.25 bits per heavy atom. The second-order valence-corrected chi connectivity index (χ2v) is 27.6. The second-order valence-electron chi connectivity index (χ2n) is 27.6. The molecule has 2 saturated heterocycles. The van der Waals surface area contributed by atoms with Crippen molar-refractivity contribution in [2.45, 2.75) is 267 Å². The topological polar surface area (TPSA) is 305 Å². The number of aromatic nitrogens is 2. The fraction of sp³-hybridized carbons (Fsp3) is 0.768. The Bertz CT molecular complexity index is 2440. The van der Waals surface area contributed by atoms with Crippen LogP contribution in [0.4, 0.5) is 14.4 Å². The number of methoxy groups -OCH3 is 2. The van der Waals surface area contributed by atoms with Gasteiger partial charge < -0.3 is 114 Å². The first-order valence-corrected chi connectivity index (χ1v) is 33.3. The van der Waals surface area contributed by atoms with E-state index in [2.05, 4.69) is 45.3 Å². The average molecular weight is 2400 g/mol. The molecule has 6 amide bonds. The minimum atomic E-state index is -0.870. The molecule has 2 fully saturated rings. The summed E-state index contributed by atoms with van der Waals surface area (Å²) in [6.45, 7) is 60.5. The number of aliphatic carboxylic acids is 1. The number of nitrogens with one attached hydrogen (secondary N) is 2. The van der Waals surface area contributed by atoms with Crippen molar-refractivity contribution < 1.29 is 177 Å².